The third kappa shape index (κ3) is 35.4. The second kappa shape index (κ2) is 55.3. The van der Waals surface area contributed by atoms with E-state index in [1.165, 1.54) is 9.80 Å². The minimum Gasteiger partial charge on any atom is -0.481 e. The highest BCUT2D eigenvalue weighted by Gasteiger charge is 2.46. The number of nitrogens with one attached hydrogen (secondary N) is 12. The second-order valence-corrected chi connectivity index (χ2v) is 34.3. The monoisotopic (exact) mass is 1810 g/mol. The highest BCUT2D eigenvalue weighted by molar-refractivity contribution is 6.01. The first-order valence-electron chi connectivity index (χ1n) is 45.2. The van der Waals surface area contributed by atoms with E-state index in [4.69, 9.17) is 34.4 Å². The number of aliphatic hydroxyl groups is 1. The van der Waals surface area contributed by atoms with Crippen molar-refractivity contribution in [3.63, 3.8) is 0 Å². The lowest BCUT2D eigenvalue weighted by Crippen LogP contribution is -2.61. The topological polar surface area (TPSA) is 669 Å². The molecule has 0 saturated carbocycles. The summed E-state index contributed by atoms with van der Waals surface area (Å²) in [5.74, 6) is -15.3. The standard InChI is InChI=1S/C87H139N23O19/c1-6-7-28-56(97-71(114)55-31-18-39-94-55)72(115)99-59(33-20-41-96-87(92)93)74(117)102-61(45-51(2)3)76(119)100-58(32-19-40-95-86(90)91)73(116)98-57(29-14-16-37-88)75(118)106-65(46-52(4)5)83(126)108-42-21-34-67(108)81(124)105-64(49-70(112)113)79(122)107-66(50-111)80(123)104-63(48-54-26-12-9-13-27-54)78(121)103-62(47-53-24-10-8-11-25-53)77(120)101-60(30-15-17-38-89)82(125)109-43-22-35-68(109)84(127)110-44-23-36-69(110)85(128)129/h8-13,24-27,51-52,55-69,94,111H,6-7,14-23,28-50,88-89H2,1-5H3,(H,97,114)(H,98,116)(H,99,115)(H,100,119)(H,101,120)(H,102,117)(H,103,121)(H,104,123)(H,105,124)(H,106,118)(H,107,122)(H,112,113)(H,128,129)(H4,90,91,95)(H4,92,93,96)/t55-,56-,57-,58-,59-,60-,61-,62-,63-,64-,65-,66-,67-,68-,69-/m0/s1. The molecule has 4 heterocycles. The van der Waals surface area contributed by atoms with Crippen molar-refractivity contribution in [2.24, 2.45) is 56.2 Å². The molecule has 14 amide bonds. The van der Waals surface area contributed by atoms with Crippen LogP contribution in [0.2, 0.25) is 0 Å². The first-order valence-corrected chi connectivity index (χ1v) is 45.2. The first-order chi connectivity index (χ1) is 61.6. The van der Waals surface area contributed by atoms with Gasteiger partial charge in [-0.3, -0.25) is 81.9 Å². The number of carbonyl (C=O) groups excluding carboxylic acids is 14. The predicted octanol–water partition coefficient (Wildman–Crippen LogP) is -3.27. The molecule has 2 aromatic carbocycles. The SMILES string of the molecule is CCCC[C@H](NC(=O)[C@@H]1CCCN1)C(=O)N[C@@H](CCCN=C(N)N)C(=O)N[C@@H](CC(C)C)C(=O)N[C@@H](CCCN=C(N)N)C(=O)N[C@@H](CCCCN)C(=O)N[C@@H](CC(C)C)C(=O)N1CCC[C@H]1C(=O)N[C@@H](CC(=O)O)C(=O)N[C@@H](CO)C(=O)N[C@@H](Cc1ccccc1)C(=O)N[C@@H](Cc1ccccc1)C(=O)N[C@@H](CCCCN)C(=O)N1CCC[C@H]1C(=O)N1CCC[C@H]1C(=O)O. The van der Waals surface area contributed by atoms with Gasteiger partial charge in [0.05, 0.1) is 19.1 Å². The number of hydrogen-bond donors (Lipinski definition) is 21. The molecule has 716 valence electrons. The van der Waals surface area contributed by atoms with Gasteiger partial charge < -0.3 is 128 Å². The summed E-state index contributed by atoms with van der Waals surface area (Å²) in [6, 6.07) is -3.25. The molecule has 4 saturated heterocycles. The van der Waals surface area contributed by atoms with E-state index in [0.29, 0.717) is 69.0 Å². The number of carbonyl (C=O) groups is 16. The number of aliphatic imine (C=N–C) groups is 2. The van der Waals surface area contributed by atoms with E-state index in [2.05, 4.69) is 73.8 Å². The minimum atomic E-state index is -1.99. The number of aliphatic hydroxyl groups excluding tert-OH is 1. The van der Waals surface area contributed by atoms with Crippen molar-refractivity contribution in [2.45, 2.75) is 292 Å². The van der Waals surface area contributed by atoms with E-state index in [-0.39, 0.29) is 178 Å². The van der Waals surface area contributed by atoms with Gasteiger partial charge in [0.25, 0.3) is 0 Å². The zero-order valence-electron chi connectivity index (χ0n) is 74.9. The summed E-state index contributed by atoms with van der Waals surface area (Å²) < 4.78 is 0. The van der Waals surface area contributed by atoms with Crippen molar-refractivity contribution >= 4 is 107 Å². The van der Waals surface area contributed by atoms with E-state index in [9.17, 15) is 87.2 Å². The molecule has 42 nitrogen and oxygen atoms in total. The van der Waals surface area contributed by atoms with E-state index in [1.54, 1.807) is 88.4 Å². The van der Waals surface area contributed by atoms with Gasteiger partial charge in [0.2, 0.25) is 82.7 Å². The number of carboxylic acid groups (broad SMARTS) is 2. The van der Waals surface area contributed by atoms with Gasteiger partial charge >= 0.3 is 11.9 Å². The first kappa shape index (κ1) is 106. The van der Waals surface area contributed by atoms with Gasteiger partial charge in [-0.15, -0.1) is 0 Å². The number of nitrogens with two attached hydrogens (primary N) is 6. The van der Waals surface area contributed by atoms with Gasteiger partial charge in [-0.25, -0.2) is 4.79 Å². The summed E-state index contributed by atoms with van der Waals surface area (Å²) >= 11 is 0. The molecule has 0 bridgehead atoms. The third-order valence-electron chi connectivity index (χ3n) is 23.0. The van der Waals surface area contributed by atoms with Crippen LogP contribution < -0.4 is 98.2 Å². The molecule has 0 spiro atoms. The number of hydrogen-bond acceptors (Lipinski definition) is 22. The quantitative estimate of drug-likeness (QED) is 0.0175. The molecule has 15 atom stereocenters. The molecule has 0 radical (unpaired) electrons. The van der Waals surface area contributed by atoms with Crippen molar-refractivity contribution in [1.82, 2.24) is 78.5 Å². The average molecular weight is 1810 g/mol. The maximum Gasteiger partial charge on any atom is 0.326 e. The smallest absolute Gasteiger partial charge is 0.326 e. The molecule has 4 aliphatic heterocycles. The Kier molecular flexibility index (Phi) is 45.5. The second-order valence-electron chi connectivity index (χ2n) is 34.3. The molecule has 6 rings (SSSR count). The molecule has 0 aromatic heterocycles. The normalized spacial score (nSPS) is 18.5. The van der Waals surface area contributed by atoms with Gasteiger partial charge in [-0.05, 0) is 177 Å². The van der Waals surface area contributed by atoms with Crippen molar-refractivity contribution in [3.8, 4) is 0 Å². The van der Waals surface area contributed by atoms with Crippen molar-refractivity contribution in [1.29, 1.82) is 0 Å². The summed E-state index contributed by atoms with van der Waals surface area (Å²) in [6.45, 7) is 9.27. The number of likely N-dealkylation sites (tertiary alicyclic amines) is 3. The van der Waals surface area contributed by atoms with Gasteiger partial charge in [0.15, 0.2) is 11.9 Å². The lowest BCUT2D eigenvalue weighted by molar-refractivity contribution is -0.152. The number of nitrogens with zero attached hydrogens (tertiary/aromatic N) is 5. The Morgan fingerprint density at radius 2 is 0.783 bits per heavy atom. The van der Waals surface area contributed by atoms with Crippen LogP contribution in [0.25, 0.3) is 0 Å². The molecular formula is C87H139N23O19. The van der Waals surface area contributed by atoms with Gasteiger partial charge in [-0.2, -0.15) is 0 Å². The maximum atomic E-state index is 15.1. The van der Waals surface area contributed by atoms with Crippen LogP contribution in [0.5, 0.6) is 0 Å². The van der Waals surface area contributed by atoms with Crippen LogP contribution in [-0.2, 0) is 89.6 Å². The summed E-state index contributed by atoms with van der Waals surface area (Å²) in [4.78, 5) is 240. The van der Waals surface area contributed by atoms with E-state index >= 15 is 4.79 Å². The lowest BCUT2D eigenvalue weighted by atomic mass is 10.00. The predicted molar refractivity (Wildman–Crippen MR) is 478 cm³/mol. The molecule has 4 aliphatic rings. The number of amides is 14. The zero-order valence-corrected chi connectivity index (χ0v) is 74.9. The van der Waals surface area contributed by atoms with Gasteiger partial charge in [-0.1, -0.05) is 108 Å². The third-order valence-corrected chi connectivity index (χ3v) is 23.0. The molecule has 4 fully saturated rings. The maximum absolute atomic E-state index is 15.1. The largest absolute Gasteiger partial charge is 0.481 e. The van der Waals surface area contributed by atoms with Crippen LogP contribution in [0.4, 0.5) is 0 Å². The molecule has 129 heavy (non-hydrogen) atoms. The van der Waals surface area contributed by atoms with Crippen LogP contribution in [0.1, 0.15) is 200 Å². The number of aliphatic carboxylic acids is 2. The molecule has 27 N–H and O–H groups in total. The lowest BCUT2D eigenvalue weighted by Gasteiger charge is -2.33. The highest BCUT2D eigenvalue weighted by atomic mass is 16.4. The van der Waals surface area contributed by atoms with Crippen LogP contribution in [0, 0.1) is 11.8 Å². The van der Waals surface area contributed by atoms with Crippen LogP contribution in [0.3, 0.4) is 0 Å². The van der Waals surface area contributed by atoms with E-state index in [0.717, 1.165) is 11.3 Å². The summed E-state index contributed by atoms with van der Waals surface area (Å²) in [7, 11) is 0. The van der Waals surface area contributed by atoms with Crippen molar-refractivity contribution in [3.05, 3.63) is 71.8 Å². The van der Waals surface area contributed by atoms with Crippen LogP contribution in [-0.4, -0.2) is 286 Å². The number of carboxylic acids is 2. The zero-order chi connectivity index (χ0) is 94.8. The highest BCUT2D eigenvalue weighted by Crippen LogP contribution is 2.28. The minimum absolute atomic E-state index is 0.0104. The Hall–Kier alpha value is -11.7. The molecule has 42 heteroatoms. The average Bonchev–Trinajstić information content (AvgIpc) is 1.66. The Labute approximate surface area is 753 Å². The van der Waals surface area contributed by atoms with Crippen molar-refractivity contribution < 1.29 is 92.0 Å². The fraction of sp³-hybridized carbons (Fsp3) is 0.655. The number of unbranched alkanes of at least 4 members (excludes halogenated alkanes) is 3. The van der Waals surface area contributed by atoms with Crippen LogP contribution in [0.15, 0.2) is 70.6 Å². The fourth-order valence-corrected chi connectivity index (χ4v) is 16.2. The number of guanidine groups is 2. The van der Waals surface area contributed by atoms with E-state index in [1.807, 2.05) is 6.92 Å². The Bertz CT molecular complexity index is 4110. The van der Waals surface area contributed by atoms with Gasteiger partial charge in [0, 0.05) is 45.6 Å². The number of benzene rings is 2. The summed E-state index contributed by atoms with van der Waals surface area (Å²) in [6.07, 6.45) is 4.50. The number of rotatable bonds is 56. The Morgan fingerprint density at radius 1 is 0.411 bits per heavy atom. The van der Waals surface area contributed by atoms with Gasteiger partial charge in [0.1, 0.15) is 84.6 Å². The fourth-order valence-electron chi connectivity index (χ4n) is 16.2. The molecule has 2 aromatic rings. The molecule has 0 unspecified atom stereocenters. The van der Waals surface area contributed by atoms with Crippen molar-refractivity contribution in [2.75, 3.05) is 59.0 Å². The molecular weight excluding hydrogens is 1670 g/mol. The van der Waals surface area contributed by atoms with Crippen LogP contribution >= 0.6 is 0 Å². The summed E-state index contributed by atoms with van der Waals surface area (Å²) in [5.41, 5.74) is 35.3. The summed E-state index contributed by atoms with van der Waals surface area (Å²) in [5, 5.41) is 63.6. The van der Waals surface area contributed by atoms with E-state index < -0.39 is 192 Å². The molecule has 0 aliphatic carbocycles. The Balaban J connectivity index is 1.19. The Morgan fingerprint density at radius 3 is 1.24 bits per heavy atom.